The molecule has 1 heterocycles. The van der Waals surface area contributed by atoms with E-state index in [2.05, 4.69) is 23.8 Å². The first-order valence-electron chi connectivity index (χ1n) is 9.57. The summed E-state index contributed by atoms with van der Waals surface area (Å²) in [6.07, 6.45) is 4.24. The van der Waals surface area contributed by atoms with Crippen LogP contribution in [0.2, 0.25) is 0 Å². The minimum absolute atomic E-state index is 0.0252. The van der Waals surface area contributed by atoms with E-state index in [4.69, 9.17) is 19.2 Å². The van der Waals surface area contributed by atoms with Crippen LogP contribution in [0.15, 0.2) is 29.3 Å². The van der Waals surface area contributed by atoms with Gasteiger partial charge in [0, 0.05) is 24.5 Å². The van der Waals surface area contributed by atoms with Crippen molar-refractivity contribution in [2.75, 3.05) is 46.2 Å². The third-order valence-electron chi connectivity index (χ3n) is 4.66. The Hall–Kier alpha value is -1.60. The number of para-hydroxylation sites is 2. The number of hydrogen-bond donors (Lipinski definition) is 2. The lowest BCUT2D eigenvalue weighted by Gasteiger charge is -2.34. The van der Waals surface area contributed by atoms with Crippen molar-refractivity contribution in [2.24, 2.45) is 4.99 Å². The van der Waals surface area contributed by atoms with E-state index >= 15 is 0 Å². The first kappa shape index (κ1) is 21.7. The van der Waals surface area contributed by atoms with E-state index in [0.29, 0.717) is 6.54 Å². The van der Waals surface area contributed by atoms with Crippen LogP contribution in [0.4, 0.5) is 0 Å². The molecule has 1 aliphatic rings. The Kier molecular flexibility index (Phi) is 9.07. The van der Waals surface area contributed by atoms with Crippen molar-refractivity contribution in [3.63, 3.8) is 0 Å². The molecular formula is C20H33N3O3S. The summed E-state index contributed by atoms with van der Waals surface area (Å²) in [7, 11) is 1.65. The lowest BCUT2D eigenvalue weighted by molar-refractivity contribution is 0.0794. The van der Waals surface area contributed by atoms with Crippen LogP contribution < -0.4 is 20.1 Å². The molecule has 0 bridgehead atoms. The summed E-state index contributed by atoms with van der Waals surface area (Å²) in [5, 5.41) is 6.72. The van der Waals surface area contributed by atoms with E-state index in [0.717, 1.165) is 56.6 Å². The number of benzene rings is 1. The zero-order valence-corrected chi connectivity index (χ0v) is 17.7. The monoisotopic (exact) mass is 395 g/mol. The summed E-state index contributed by atoms with van der Waals surface area (Å²) in [5.74, 6) is 2.32. The molecule has 0 amide bonds. The minimum Gasteiger partial charge on any atom is -0.493 e. The lowest BCUT2D eigenvalue weighted by Crippen LogP contribution is -2.43. The zero-order valence-electron chi connectivity index (χ0n) is 16.9. The highest BCUT2D eigenvalue weighted by Crippen LogP contribution is 2.34. The van der Waals surface area contributed by atoms with Gasteiger partial charge in [-0.1, -0.05) is 12.1 Å². The Morgan fingerprint density at radius 2 is 1.96 bits per heavy atom. The summed E-state index contributed by atoms with van der Waals surface area (Å²) in [4.78, 5) is 4.83. The van der Waals surface area contributed by atoms with E-state index in [9.17, 15) is 0 Å². The second-order valence-corrected chi connectivity index (χ2v) is 7.93. The molecule has 6 nitrogen and oxygen atoms in total. The van der Waals surface area contributed by atoms with Crippen LogP contribution >= 0.6 is 11.8 Å². The molecule has 0 aromatic heterocycles. The van der Waals surface area contributed by atoms with Gasteiger partial charge in [-0.15, -0.1) is 0 Å². The molecule has 27 heavy (non-hydrogen) atoms. The number of nitrogens with one attached hydrogen (secondary N) is 2. The number of rotatable bonds is 9. The molecule has 0 saturated carbocycles. The van der Waals surface area contributed by atoms with Gasteiger partial charge in [0.15, 0.2) is 17.5 Å². The molecule has 1 aromatic rings. The first-order valence-corrected chi connectivity index (χ1v) is 10.8. The van der Waals surface area contributed by atoms with Crippen LogP contribution in [-0.4, -0.2) is 63.0 Å². The number of ether oxygens (including phenoxy) is 3. The SMILES string of the molecule is CCNC(=NCC1(SC)CCOCC1)NCC(C)Oc1ccccc1OC. The summed E-state index contributed by atoms with van der Waals surface area (Å²) >= 11 is 1.90. The molecule has 2 N–H and O–H groups in total. The smallest absolute Gasteiger partial charge is 0.191 e. The summed E-state index contributed by atoms with van der Waals surface area (Å²) in [6.45, 7) is 8.01. The Bertz CT molecular complexity index is 592. The average molecular weight is 396 g/mol. The fourth-order valence-corrected chi connectivity index (χ4v) is 3.72. The summed E-state index contributed by atoms with van der Waals surface area (Å²) < 4.78 is 17.1. The number of hydrogen-bond acceptors (Lipinski definition) is 5. The van der Waals surface area contributed by atoms with Crippen LogP contribution in [0.1, 0.15) is 26.7 Å². The van der Waals surface area contributed by atoms with Crippen molar-refractivity contribution in [1.29, 1.82) is 0 Å². The number of methoxy groups -OCH3 is 1. The maximum atomic E-state index is 6.01. The van der Waals surface area contributed by atoms with Gasteiger partial charge in [-0.3, -0.25) is 4.99 Å². The van der Waals surface area contributed by atoms with Gasteiger partial charge in [0.2, 0.25) is 0 Å². The molecule has 0 spiro atoms. The van der Waals surface area contributed by atoms with Gasteiger partial charge < -0.3 is 24.8 Å². The van der Waals surface area contributed by atoms with Gasteiger partial charge in [0.1, 0.15) is 6.10 Å². The predicted molar refractivity (Wildman–Crippen MR) is 113 cm³/mol. The molecule has 1 aromatic carbocycles. The van der Waals surface area contributed by atoms with Gasteiger partial charge in [-0.25, -0.2) is 0 Å². The Balaban J connectivity index is 1.90. The van der Waals surface area contributed by atoms with Crippen molar-refractivity contribution in [3.8, 4) is 11.5 Å². The van der Waals surface area contributed by atoms with Gasteiger partial charge in [0.25, 0.3) is 0 Å². The molecular weight excluding hydrogens is 362 g/mol. The first-order chi connectivity index (χ1) is 13.1. The fraction of sp³-hybridized carbons (Fsp3) is 0.650. The molecule has 1 fully saturated rings. The van der Waals surface area contributed by atoms with Crippen molar-refractivity contribution in [1.82, 2.24) is 10.6 Å². The lowest BCUT2D eigenvalue weighted by atomic mass is 9.99. The van der Waals surface area contributed by atoms with E-state index in [1.165, 1.54) is 0 Å². The second-order valence-electron chi connectivity index (χ2n) is 6.65. The molecule has 0 aliphatic carbocycles. The summed E-state index contributed by atoms with van der Waals surface area (Å²) in [6, 6.07) is 7.69. The molecule has 1 aliphatic heterocycles. The van der Waals surface area contributed by atoms with Crippen LogP contribution in [-0.2, 0) is 4.74 Å². The Labute approximate surface area is 167 Å². The largest absolute Gasteiger partial charge is 0.493 e. The van der Waals surface area contributed by atoms with E-state index in [1.54, 1.807) is 7.11 Å². The average Bonchev–Trinajstić information content (AvgIpc) is 2.71. The quantitative estimate of drug-likeness (QED) is 0.495. The number of nitrogens with zero attached hydrogens (tertiary/aromatic N) is 1. The Morgan fingerprint density at radius 3 is 2.59 bits per heavy atom. The maximum Gasteiger partial charge on any atom is 0.191 e. The van der Waals surface area contributed by atoms with Gasteiger partial charge in [0.05, 0.1) is 20.2 Å². The molecule has 7 heteroatoms. The predicted octanol–water partition coefficient (Wildman–Crippen LogP) is 2.93. The Morgan fingerprint density at radius 1 is 1.26 bits per heavy atom. The topological polar surface area (TPSA) is 64.1 Å². The van der Waals surface area contributed by atoms with Crippen molar-refractivity contribution in [2.45, 2.75) is 37.5 Å². The van der Waals surface area contributed by atoms with Crippen molar-refractivity contribution < 1.29 is 14.2 Å². The van der Waals surface area contributed by atoms with Crippen LogP contribution in [0, 0.1) is 0 Å². The third kappa shape index (κ3) is 6.81. The number of aliphatic imine (C=N–C) groups is 1. The molecule has 1 atom stereocenters. The van der Waals surface area contributed by atoms with Crippen molar-refractivity contribution in [3.05, 3.63) is 24.3 Å². The zero-order chi connectivity index (χ0) is 19.5. The van der Waals surface area contributed by atoms with Crippen molar-refractivity contribution >= 4 is 17.7 Å². The van der Waals surface area contributed by atoms with Gasteiger partial charge in [-0.05, 0) is 45.1 Å². The molecule has 152 valence electrons. The normalized spacial score (nSPS) is 17.9. The van der Waals surface area contributed by atoms with Gasteiger partial charge >= 0.3 is 0 Å². The maximum absolute atomic E-state index is 6.01. The van der Waals surface area contributed by atoms with E-state index in [-0.39, 0.29) is 10.9 Å². The van der Waals surface area contributed by atoms with E-state index in [1.807, 2.05) is 43.0 Å². The van der Waals surface area contributed by atoms with Crippen LogP contribution in [0.5, 0.6) is 11.5 Å². The number of guanidine groups is 1. The summed E-state index contributed by atoms with van der Waals surface area (Å²) in [5.41, 5.74) is 0. The molecule has 1 unspecified atom stereocenters. The second kappa shape index (κ2) is 11.3. The van der Waals surface area contributed by atoms with E-state index < -0.39 is 0 Å². The minimum atomic E-state index is -0.0252. The fourth-order valence-electron chi connectivity index (χ4n) is 2.95. The highest BCUT2D eigenvalue weighted by molar-refractivity contribution is 8.00. The van der Waals surface area contributed by atoms with Crippen LogP contribution in [0.3, 0.4) is 0 Å². The standard InChI is InChI=1S/C20H33N3O3S/c1-5-21-19(23-15-20(27-4)10-12-25-13-11-20)22-14-16(2)26-18-9-7-6-8-17(18)24-3/h6-9,16H,5,10-15H2,1-4H3,(H2,21,22,23). The molecule has 0 radical (unpaired) electrons. The third-order valence-corrected chi connectivity index (χ3v) is 6.06. The van der Waals surface area contributed by atoms with Crippen LogP contribution in [0.25, 0.3) is 0 Å². The van der Waals surface area contributed by atoms with Gasteiger partial charge in [-0.2, -0.15) is 11.8 Å². The highest BCUT2D eigenvalue weighted by Gasteiger charge is 2.31. The number of thioether (sulfide) groups is 1. The molecule has 2 rings (SSSR count). The molecule has 1 saturated heterocycles. The highest BCUT2D eigenvalue weighted by atomic mass is 32.2.